The van der Waals surface area contributed by atoms with Gasteiger partial charge in [0.05, 0.1) is 17.9 Å². The van der Waals surface area contributed by atoms with Crippen molar-refractivity contribution in [3.63, 3.8) is 0 Å². The van der Waals surface area contributed by atoms with Crippen LogP contribution in [-0.2, 0) is 24.2 Å². The van der Waals surface area contributed by atoms with Crippen molar-refractivity contribution < 1.29 is 19.1 Å². The minimum atomic E-state index is -0.294. The van der Waals surface area contributed by atoms with Crippen LogP contribution in [0.3, 0.4) is 0 Å². The summed E-state index contributed by atoms with van der Waals surface area (Å²) in [6.07, 6.45) is 3.86. The highest BCUT2D eigenvalue weighted by molar-refractivity contribution is 5.96. The fourth-order valence-electron chi connectivity index (χ4n) is 5.84. The Morgan fingerprint density at radius 3 is 2.85 bits per heavy atom. The molecule has 0 radical (unpaired) electrons. The van der Waals surface area contributed by atoms with E-state index in [4.69, 9.17) is 4.74 Å². The van der Waals surface area contributed by atoms with Gasteiger partial charge < -0.3 is 15.4 Å². The van der Waals surface area contributed by atoms with Gasteiger partial charge in [0, 0.05) is 36.2 Å². The Kier molecular flexibility index (Phi) is 6.67. The minimum absolute atomic E-state index is 0.0397. The first kappa shape index (κ1) is 25.9. The van der Waals surface area contributed by atoms with E-state index in [1.165, 1.54) is 11.1 Å². The van der Waals surface area contributed by atoms with E-state index in [-0.39, 0.29) is 36.2 Å². The van der Waals surface area contributed by atoms with Crippen LogP contribution in [0.2, 0.25) is 0 Å². The van der Waals surface area contributed by atoms with Crippen molar-refractivity contribution in [2.45, 2.75) is 58.7 Å². The zero-order valence-electron chi connectivity index (χ0n) is 22.8. The summed E-state index contributed by atoms with van der Waals surface area (Å²) < 4.78 is 7.24. The number of nitrogens with zero attached hydrogens (tertiary/aromatic N) is 3. The average molecular weight is 538 g/mol. The molecule has 1 aliphatic carbocycles. The van der Waals surface area contributed by atoms with Crippen molar-refractivity contribution >= 4 is 23.1 Å². The molecule has 1 amide bonds. The van der Waals surface area contributed by atoms with Crippen LogP contribution < -0.4 is 15.4 Å². The van der Waals surface area contributed by atoms with Crippen LogP contribution in [0.25, 0.3) is 5.65 Å². The van der Waals surface area contributed by atoms with E-state index < -0.39 is 0 Å². The Bertz CT molecular complexity index is 1670. The summed E-state index contributed by atoms with van der Waals surface area (Å²) in [5, 5.41) is 11.1. The lowest BCUT2D eigenvalue weighted by Crippen LogP contribution is -2.29. The van der Waals surface area contributed by atoms with Gasteiger partial charge in [-0.1, -0.05) is 18.2 Å². The molecule has 4 aromatic rings. The smallest absolute Gasteiger partial charge is 0.270 e. The quantitative estimate of drug-likeness (QED) is 0.342. The van der Waals surface area contributed by atoms with E-state index in [0.717, 1.165) is 40.8 Å². The van der Waals surface area contributed by atoms with Gasteiger partial charge in [0.2, 0.25) is 0 Å². The molecule has 40 heavy (non-hydrogen) atoms. The second-order valence-electron chi connectivity index (χ2n) is 10.6. The van der Waals surface area contributed by atoms with Crippen LogP contribution in [0.1, 0.15) is 86.7 Å². The number of aromatic nitrogens is 3. The third kappa shape index (κ3) is 4.77. The number of Topliss-reactive ketones (excluding diaryl/α,β-unsaturated/α-hetero) is 2. The fraction of sp³-hybridized carbons (Fsp3) is 0.323. The lowest BCUT2D eigenvalue weighted by molar-refractivity contribution is -0.121. The van der Waals surface area contributed by atoms with Crippen LogP contribution in [0, 0.1) is 6.92 Å². The monoisotopic (exact) mass is 537 g/mol. The van der Waals surface area contributed by atoms with Gasteiger partial charge in [-0.2, -0.15) is 5.10 Å². The van der Waals surface area contributed by atoms with Crippen LogP contribution in [0.4, 0.5) is 0 Å². The zero-order chi connectivity index (χ0) is 28.0. The molecule has 6 rings (SSSR count). The number of rotatable bonds is 7. The van der Waals surface area contributed by atoms with E-state index in [9.17, 15) is 14.4 Å². The molecule has 0 bridgehead atoms. The van der Waals surface area contributed by atoms with Gasteiger partial charge in [-0.15, -0.1) is 0 Å². The molecule has 2 aliphatic rings. The predicted molar refractivity (Wildman–Crippen MR) is 149 cm³/mol. The maximum atomic E-state index is 13.3. The molecule has 9 nitrogen and oxygen atoms in total. The maximum absolute atomic E-state index is 13.3. The van der Waals surface area contributed by atoms with Gasteiger partial charge in [-0.25, -0.2) is 9.50 Å². The first-order valence-electron chi connectivity index (χ1n) is 13.6. The molecule has 0 spiro atoms. The molecule has 3 heterocycles. The van der Waals surface area contributed by atoms with Gasteiger partial charge in [-0.3, -0.25) is 14.4 Å². The summed E-state index contributed by atoms with van der Waals surface area (Å²) in [6.45, 7) is 6.13. The summed E-state index contributed by atoms with van der Waals surface area (Å²) in [5.74, 6) is 0.551. The van der Waals surface area contributed by atoms with Crippen LogP contribution in [0.5, 0.6) is 5.75 Å². The number of ketones is 2. The van der Waals surface area contributed by atoms with E-state index in [1.54, 1.807) is 29.8 Å². The molecule has 2 N–H and O–H groups in total. The summed E-state index contributed by atoms with van der Waals surface area (Å²) >= 11 is 0. The number of nitrogens with one attached hydrogen (secondary N) is 2. The molecule has 0 saturated carbocycles. The number of fused-ring (bicyclic) bond motifs is 3. The minimum Gasteiger partial charge on any atom is -0.486 e. The Hall–Kier alpha value is -4.37. The number of benzene rings is 2. The van der Waals surface area contributed by atoms with Gasteiger partial charge in [0.25, 0.3) is 5.91 Å². The van der Waals surface area contributed by atoms with Gasteiger partial charge in [0.15, 0.2) is 17.2 Å². The van der Waals surface area contributed by atoms with Crippen LogP contribution >= 0.6 is 0 Å². The Morgan fingerprint density at radius 2 is 2.02 bits per heavy atom. The Balaban J connectivity index is 1.19. The fourth-order valence-corrected chi connectivity index (χ4v) is 5.84. The summed E-state index contributed by atoms with van der Waals surface area (Å²) in [4.78, 5) is 41.6. The number of ether oxygens (including phenoxy) is 1. The zero-order valence-corrected chi connectivity index (χ0v) is 22.8. The van der Waals surface area contributed by atoms with Gasteiger partial charge >= 0.3 is 0 Å². The molecule has 0 saturated heterocycles. The van der Waals surface area contributed by atoms with E-state index in [0.29, 0.717) is 30.1 Å². The van der Waals surface area contributed by atoms with Gasteiger partial charge in [0.1, 0.15) is 18.1 Å². The second-order valence-corrected chi connectivity index (χ2v) is 10.6. The summed E-state index contributed by atoms with van der Waals surface area (Å²) in [7, 11) is 0. The third-order valence-corrected chi connectivity index (χ3v) is 7.98. The number of amides is 1. The highest BCUT2D eigenvalue weighted by Gasteiger charge is 2.26. The first-order valence-corrected chi connectivity index (χ1v) is 13.6. The SMILES string of the molecule is CC(=O)c1ccc2c(c1C)CC[C@@H]2NCc1cc(C(=O)NC(C)c2ccc3c(c2)CC(=O)CO3)nc2ccnn12. The van der Waals surface area contributed by atoms with Gasteiger partial charge in [-0.05, 0) is 74.1 Å². The van der Waals surface area contributed by atoms with Crippen molar-refractivity contribution in [3.05, 3.63) is 93.4 Å². The highest BCUT2D eigenvalue weighted by atomic mass is 16.5. The molecule has 2 aromatic heterocycles. The summed E-state index contributed by atoms with van der Waals surface area (Å²) in [5.41, 5.74) is 7.77. The molecule has 2 aromatic carbocycles. The molecule has 204 valence electrons. The number of hydrogen-bond donors (Lipinski definition) is 2. The standard InChI is InChI=1S/C31H31N5O4/c1-17-24(19(3)37)5-6-26-25(17)7-8-27(26)32-15-22-14-28(35-30-10-11-33-36(22)30)31(39)34-18(2)20-4-9-29-21(12-20)13-23(38)16-40-29/h4-6,9-12,14,18,27,32H,7-8,13,15-16H2,1-3H3,(H,34,39)/t18?,27-/m0/s1. The molecular formula is C31H31N5O4. The van der Waals surface area contributed by atoms with Crippen molar-refractivity contribution in [2.75, 3.05) is 6.61 Å². The molecule has 0 fully saturated rings. The molecule has 1 aliphatic heterocycles. The number of carbonyl (C=O) groups excluding carboxylic acids is 3. The largest absolute Gasteiger partial charge is 0.486 e. The Morgan fingerprint density at radius 1 is 1.18 bits per heavy atom. The van der Waals surface area contributed by atoms with Crippen LogP contribution in [0.15, 0.2) is 48.7 Å². The summed E-state index contributed by atoms with van der Waals surface area (Å²) in [6, 6.07) is 13.1. The van der Waals surface area contributed by atoms with Crippen LogP contribution in [-0.4, -0.2) is 38.7 Å². The molecule has 1 unspecified atom stereocenters. The van der Waals surface area contributed by atoms with Crippen molar-refractivity contribution in [3.8, 4) is 5.75 Å². The lowest BCUT2D eigenvalue weighted by atomic mass is 9.96. The average Bonchev–Trinajstić information content (AvgIpc) is 3.58. The second kappa shape index (κ2) is 10.3. The molecular weight excluding hydrogens is 506 g/mol. The molecule has 2 atom stereocenters. The van der Waals surface area contributed by atoms with Crippen molar-refractivity contribution in [1.29, 1.82) is 0 Å². The van der Waals surface area contributed by atoms with E-state index >= 15 is 0 Å². The normalized spacial score (nSPS) is 16.8. The Labute approximate surface area is 232 Å². The van der Waals surface area contributed by atoms with Crippen molar-refractivity contribution in [2.24, 2.45) is 0 Å². The van der Waals surface area contributed by atoms with Crippen molar-refractivity contribution in [1.82, 2.24) is 25.2 Å². The molecule has 9 heteroatoms. The first-order chi connectivity index (χ1) is 19.3. The number of hydrogen-bond acceptors (Lipinski definition) is 7. The van der Waals surface area contributed by atoms with E-state index in [1.807, 2.05) is 38.1 Å². The van der Waals surface area contributed by atoms with E-state index in [2.05, 4.69) is 26.8 Å². The maximum Gasteiger partial charge on any atom is 0.270 e. The topological polar surface area (TPSA) is 115 Å². The lowest BCUT2D eigenvalue weighted by Gasteiger charge is -2.20. The highest BCUT2D eigenvalue weighted by Crippen LogP contribution is 2.35. The third-order valence-electron chi connectivity index (χ3n) is 7.98. The predicted octanol–water partition coefficient (Wildman–Crippen LogP) is 4.01. The number of carbonyl (C=O) groups is 3.